The van der Waals surface area contributed by atoms with Crippen LogP contribution >= 0.6 is 0 Å². The second kappa shape index (κ2) is 5.37. The first kappa shape index (κ1) is 15.9. The third kappa shape index (κ3) is 2.52. The van der Waals surface area contributed by atoms with E-state index in [1.807, 2.05) is 0 Å². The van der Waals surface area contributed by atoms with E-state index in [2.05, 4.69) is 15.8 Å². The van der Waals surface area contributed by atoms with E-state index in [1.54, 1.807) is 0 Å². The van der Waals surface area contributed by atoms with Crippen LogP contribution in [0.25, 0.3) is 0 Å². The van der Waals surface area contributed by atoms with Crippen LogP contribution in [0.2, 0.25) is 0 Å². The topological polar surface area (TPSA) is 94.0 Å². The van der Waals surface area contributed by atoms with Crippen molar-refractivity contribution in [3.63, 3.8) is 0 Å². The minimum atomic E-state index is -4.54. The Labute approximate surface area is 121 Å². The molecule has 1 atom stereocenters. The molecule has 0 radical (unpaired) electrons. The van der Waals surface area contributed by atoms with E-state index in [1.165, 1.54) is 0 Å². The molecular formula is C12H10F4N4O2. The highest BCUT2D eigenvalue weighted by atomic mass is 19.3. The molecule has 2 rings (SSSR count). The van der Waals surface area contributed by atoms with Crippen LogP contribution in [0, 0.1) is 11.6 Å². The summed E-state index contributed by atoms with van der Waals surface area (Å²) in [6.07, 6.45) is 1.97. The van der Waals surface area contributed by atoms with Crippen LogP contribution in [0.15, 0.2) is 30.9 Å². The molecule has 0 saturated carbocycles. The molecule has 0 spiro atoms. The van der Waals surface area contributed by atoms with E-state index in [0.717, 1.165) is 17.3 Å². The van der Waals surface area contributed by atoms with Crippen LogP contribution < -0.4 is 5.73 Å². The van der Waals surface area contributed by atoms with Gasteiger partial charge in [-0.1, -0.05) is 0 Å². The lowest BCUT2D eigenvalue weighted by Crippen LogP contribution is -2.56. The molecule has 0 fully saturated rings. The lowest BCUT2D eigenvalue weighted by atomic mass is 9.86. The molecule has 2 aromatic rings. The maximum atomic E-state index is 14.1. The van der Waals surface area contributed by atoms with Crippen LogP contribution in [0.5, 0.6) is 0 Å². The fraction of sp³-hybridized carbons (Fsp3) is 0.250. The number of rotatable bonds is 5. The molecule has 22 heavy (non-hydrogen) atoms. The highest BCUT2D eigenvalue weighted by Crippen LogP contribution is 2.40. The molecule has 0 saturated heterocycles. The summed E-state index contributed by atoms with van der Waals surface area (Å²) in [5, 5.41) is 13.8. The third-order valence-electron chi connectivity index (χ3n) is 3.06. The summed E-state index contributed by atoms with van der Waals surface area (Å²) in [7, 11) is 0. The molecule has 1 amide bonds. The van der Waals surface area contributed by atoms with Gasteiger partial charge in [0.1, 0.15) is 24.3 Å². The van der Waals surface area contributed by atoms with Gasteiger partial charge in [0.25, 0.3) is 5.91 Å². The first-order valence-corrected chi connectivity index (χ1v) is 5.86. The lowest BCUT2D eigenvalue weighted by molar-refractivity contribution is -0.200. The number of halogens is 4. The molecule has 1 heterocycles. The second-order valence-corrected chi connectivity index (χ2v) is 4.52. The van der Waals surface area contributed by atoms with Gasteiger partial charge >= 0.3 is 5.92 Å². The minimum absolute atomic E-state index is 0.304. The van der Waals surface area contributed by atoms with Crippen LogP contribution in [0.1, 0.15) is 5.56 Å². The molecular weight excluding hydrogens is 308 g/mol. The Balaban J connectivity index is 2.61. The molecule has 1 unspecified atom stereocenters. The monoisotopic (exact) mass is 318 g/mol. The smallest absolute Gasteiger partial charge is 0.358 e. The zero-order valence-corrected chi connectivity index (χ0v) is 10.9. The van der Waals surface area contributed by atoms with Crippen molar-refractivity contribution in [3.8, 4) is 0 Å². The van der Waals surface area contributed by atoms with Crippen molar-refractivity contribution >= 4 is 5.91 Å². The molecule has 0 bridgehead atoms. The van der Waals surface area contributed by atoms with Crippen LogP contribution in [0.4, 0.5) is 17.6 Å². The summed E-state index contributed by atoms with van der Waals surface area (Å²) >= 11 is 0. The molecule has 1 aromatic carbocycles. The van der Waals surface area contributed by atoms with Crippen LogP contribution in [-0.2, 0) is 16.9 Å². The van der Waals surface area contributed by atoms with E-state index in [9.17, 15) is 27.5 Å². The third-order valence-corrected chi connectivity index (χ3v) is 3.06. The van der Waals surface area contributed by atoms with Crippen molar-refractivity contribution in [2.24, 2.45) is 5.73 Å². The van der Waals surface area contributed by atoms with E-state index in [4.69, 9.17) is 0 Å². The first-order chi connectivity index (χ1) is 10.2. The summed E-state index contributed by atoms with van der Waals surface area (Å²) in [6.45, 7) is -1.02. The average molecular weight is 318 g/mol. The Morgan fingerprint density at radius 2 is 2.05 bits per heavy atom. The quantitative estimate of drug-likeness (QED) is 0.788. The number of hydrogen-bond acceptors (Lipinski definition) is 4. The van der Waals surface area contributed by atoms with Crippen LogP contribution in [-0.4, -0.2) is 31.7 Å². The van der Waals surface area contributed by atoms with Gasteiger partial charge in [0.15, 0.2) is 5.60 Å². The van der Waals surface area contributed by atoms with Crippen molar-refractivity contribution < 1.29 is 27.5 Å². The number of nitrogens with two attached hydrogens (primary N) is 1. The molecule has 3 N–H and O–H groups in total. The second-order valence-electron chi connectivity index (χ2n) is 4.52. The molecule has 10 heteroatoms. The van der Waals surface area contributed by atoms with Crippen LogP contribution in [0.3, 0.4) is 0 Å². The van der Waals surface area contributed by atoms with E-state index >= 15 is 0 Å². The normalized spacial score (nSPS) is 14.6. The number of aromatic nitrogens is 3. The number of carbonyl (C=O) groups is 1. The molecule has 1 aromatic heterocycles. The molecule has 118 valence electrons. The van der Waals surface area contributed by atoms with Gasteiger partial charge in [-0.25, -0.2) is 18.4 Å². The Hall–Kier alpha value is -2.49. The predicted octanol–water partition coefficient (Wildman–Crippen LogP) is 0.565. The van der Waals surface area contributed by atoms with E-state index in [-0.39, 0.29) is 0 Å². The van der Waals surface area contributed by atoms with Crippen molar-refractivity contribution in [2.75, 3.05) is 0 Å². The number of aliphatic hydroxyl groups is 1. The molecule has 6 nitrogen and oxygen atoms in total. The van der Waals surface area contributed by atoms with Crippen molar-refractivity contribution in [2.45, 2.75) is 18.1 Å². The number of alkyl halides is 2. The molecule has 0 aliphatic heterocycles. The summed E-state index contributed by atoms with van der Waals surface area (Å²) in [5.74, 6) is -9.20. The largest absolute Gasteiger partial charge is 0.377 e. The maximum Gasteiger partial charge on any atom is 0.358 e. The number of primary amides is 1. The summed E-state index contributed by atoms with van der Waals surface area (Å²) in [4.78, 5) is 14.5. The van der Waals surface area contributed by atoms with Gasteiger partial charge in [-0.2, -0.15) is 13.9 Å². The Bertz CT molecular complexity index is 692. The van der Waals surface area contributed by atoms with Gasteiger partial charge in [0.2, 0.25) is 0 Å². The van der Waals surface area contributed by atoms with Crippen molar-refractivity contribution in [1.82, 2.24) is 14.8 Å². The Morgan fingerprint density at radius 1 is 1.36 bits per heavy atom. The number of hydrogen-bond donors (Lipinski definition) is 2. The standard InChI is InChI=1S/C12H10F4N4O2/c13-7-1-2-8(9(14)3-7)11(22,12(15,16)10(17)21)4-20-6-18-5-19-20/h1-3,5-6,22H,4H2,(H2,17,21). The summed E-state index contributed by atoms with van der Waals surface area (Å²) < 4.78 is 55.8. The predicted molar refractivity (Wildman–Crippen MR) is 64.4 cm³/mol. The number of amides is 1. The van der Waals surface area contributed by atoms with Crippen molar-refractivity contribution in [3.05, 3.63) is 48.1 Å². The molecule has 0 aliphatic carbocycles. The average Bonchev–Trinajstić information content (AvgIpc) is 2.90. The van der Waals surface area contributed by atoms with Gasteiger partial charge < -0.3 is 10.8 Å². The number of carbonyl (C=O) groups excluding carboxylic acids is 1. The van der Waals surface area contributed by atoms with Gasteiger partial charge in [-0.15, -0.1) is 0 Å². The first-order valence-electron chi connectivity index (χ1n) is 5.86. The van der Waals surface area contributed by atoms with Gasteiger partial charge in [0, 0.05) is 11.6 Å². The van der Waals surface area contributed by atoms with Crippen molar-refractivity contribution in [1.29, 1.82) is 0 Å². The fourth-order valence-corrected chi connectivity index (χ4v) is 1.93. The van der Waals surface area contributed by atoms with E-state index in [0.29, 0.717) is 18.2 Å². The Morgan fingerprint density at radius 3 is 2.55 bits per heavy atom. The van der Waals surface area contributed by atoms with Gasteiger partial charge in [0.05, 0.1) is 6.54 Å². The number of nitrogens with zero attached hydrogens (tertiary/aromatic N) is 3. The van der Waals surface area contributed by atoms with E-state index < -0.39 is 41.2 Å². The zero-order valence-electron chi connectivity index (χ0n) is 10.9. The highest BCUT2D eigenvalue weighted by Gasteiger charge is 2.60. The lowest BCUT2D eigenvalue weighted by Gasteiger charge is -2.34. The van der Waals surface area contributed by atoms with Gasteiger partial charge in [-0.3, -0.25) is 4.79 Å². The highest BCUT2D eigenvalue weighted by molar-refractivity contribution is 5.83. The summed E-state index contributed by atoms with van der Waals surface area (Å²) in [5.41, 5.74) is 0.249. The Kier molecular flexibility index (Phi) is 3.88. The van der Waals surface area contributed by atoms with Gasteiger partial charge in [-0.05, 0) is 12.1 Å². The minimum Gasteiger partial charge on any atom is -0.377 e. The summed E-state index contributed by atoms with van der Waals surface area (Å²) in [6, 6.07) is 1.58. The maximum absolute atomic E-state index is 14.1. The number of benzene rings is 1. The zero-order chi connectivity index (χ0) is 16.5. The molecule has 0 aliphatic rings. The fourth-order valence-electron chi connectivity index (χ4n) is 1.93. The SMILES string of the molecule is NC(=O)C(F)(F)C(O)(Cn1cncn1)c1ccc(F)cc1F.